The molecule has 1 atom stereocenters. The van der Waals surface area contributed by atoms with Gasteiger partial charge < -0.3 is 19.9 Å². The SMILES string of the molecule is O=C(CCc1ccc[nH]1)N1CCOCC1c1nccc(NC2CCC2)n1. The molecule has 26 heavy (non-hydrogen) atoms. The number of amides is 1. The number of hydrogen-bond acceptors (Lipinski definition) is 5. The molecule has 1 amide bonds. The molecule has 0 bridgehead atoms. The molecule has 2 N–H and O–H groups in total. The number of carbonyl (C=O) groups is 1. The van der Waals surface area contributed by atoms with E-state index in [1.165, 1.54) is 19.3 Å². The van der Waals surface area contributed by atoms with Gasteiger partial charge in [-0.3, -0.25) is 4.79 Å². The first kappa shape index (κ1) is 17.0. The largest absolute Gasteiger partial charge is 0.377 e. The molecule has 2 fully saturated rings. The molecular formula is C19H25N5O2. The number of morpholine rings is 1. The van der Waals surface area contributed by atoms with Gasteiger partial charge in [0.1, 0.15) is 11.9 Å². The van der Waals surface area contributed by atoms with Crippen molar-refractivity contribution in [3.05, 3.63) is 42.1 Å². The highest BCUT2D eigenvalue weighted by Gasteiger charge is 2.30. The van der Waals surface area contributed by atoms with Crippen LogP contribution in [0.4, 0.5) is 5.82 Å². The second-order valence-electron chi connectivity index (χ2n) is 6.95. The topological polar surface area (TPSA) is 83.1 Å². The lowest BCUT2D eigenvalue weighted by molar-refractivity contribution is -0.140. The smallest absolute Gasteiger partial charge is 0.223 e. The van der Waals surface area contributed by atoms with Gasteiger partial charge in [0.05, 0.1) is 13.2 Å². The van der Waals surface area contributed by atoms with Crippen molar-refractivity contribution in [1.82, 2.24) is 19.9 Å². The minimum Gasteiger partial charge on any atom is -0.377 e. The van der Waals surface area contributed by atoms with Crippen molar-refractivity contribution in [1.29, 1.82) is 0 Å². The van der Waals surface area contributed by atoms with Crippen molar-refractivity contribution in [3.63, 3.8) is 0 Å². The van der Waals surface area contributed by atoms with Gasteiger partial charge in [0.2, 0.25) is 5.91 Å². The maximum absolute atomic E-state index is 12.8. The Bertz CT molecular complexity index is 729. The highest BCUT2D eigenvalue weighted by Crippen LogP contribution is 2.25. The summed E-state index contributed by atoms with van der Waals surface area (Å²) >= 11 is 0. The van der Waals surface area contributed by atoms with Crippen LogP contribution in [0.25, 0.3) is 0 Å². The fourth-order valence-electron chi connectivity index (χ4n) is 3.40. The van der Waals surface area contributed by atoms with Crippen molar-refractivity contribution < 1.29 is 9.53 Å². The molecule has 2 aromatic rings. The van der Waals surface area contributed by atoms with Crippen LogP contribution in [0.2, 0.25) is 0 Å². The van der Waals surface area contributed by atoms with Crippen LogP contribution in [0, 0.1) is 0 Å². The Kier molecular flexibility index (Phi) is 5.15. The Morgan fingerprint density at radius 3 is 3.08 bits per heavy atom. The van der Waals surface area contributed by atoms with Gasteiger partial charge in [-0.05, 0) is 43.9 Å². The second kappa shape index (κ2) is 7.86. The lowest BCUT2D eigenvalue weighted by Gasteiger charge is -2.35. The van der Waals surface area contributed by atoms with Crippen LogP contribution < -0.4 is 5.32 Å². The summed E-state index contributed by atoms with van der Waals surface area (Å²) in [6.45, 7) is 1.59. The van der Waals surface area contributed by atoms with E-state index in [1.807, 2.05) is 29.3 Å². The average Bonchev–Trinajstić information content (AvgIpc) is 3.17. The summed E-state index contributed by atoms with van der Waals surface area (Å²) in [4.78, 5) is 26.9. The summed E-state index contributed by atoms with van der Waals surface area (Å²) < 4.78 is 5.62. The van der Waals surface area contributed by atoms with Crippen molar-refractivity contribution in [2.45, 2.75) is 44.2 Å². The number of ether oxygens (including phenoxy) is 1. The molecule has 1 aliphatic heterocycles. The first-order valence-corrected chi connectivity index (χ1v) is 9.38. The number of carbonyl (C=O) groups excluding carboxylic acids is 1. The number of nitrogens with one attached hydrogen (secondary N) is 2. The normalized spacial score (nSPS) is 20.6. The van der Waals surface area contributed by atoms with Gasteiger partial charge >= 0.3 is 0 Å². The predicted molar refractivity (Wildman–Crippen MR) is 97.7 cm³/mol. The second-order valence-corrected chi connectivity index (χ2v) is 6.95. The van der Waals surface area contributed by atoms with Gasteiger partial charge in [-0.25, -0.2) is 9.97 Å². The van der Waals surface area contributed by atoms with E-state index in [9.17, 15) is 4.79 Å². The first-order chi connectivity index (χ1) is 12.8. The minimum atomic E-state index is -0.219. The Labute approximate surface area is 153 Å². The molecule has 7 nitrogen and oxygen atoms in total. The van der Waals surface area contributed by atoms with Crippen LogP contribution in [-0.2, 0) is 16.0 Å². The molecule has 4 rings (SSSR count). The predicted octanol–water partition coefficient (Wildman–Crippen LogP) is 2.30. The molecule has 7 heteroatoms. The maximum atomic E-state index is 12.8. The summed E-state index contributed by atoms with van der Waals surface area (Å²) in [6.07, 6.45) is 8.47. The van der Waals surface area contributed by atoms with E-state index in [2.05, 4.69) is 20.3 Å². The number of rotatable bonds is 6. The molecule has 0 spiro atoms. The summed E-state index contributed by atoms with van der Waals surface area (Å²) in [5.74, 6) is 1.61. The molecule has 138 valence electrons. The summed E-state index contributed by atoms with van der Waals surface area (Å²) in [6, 6.07) is 6.14. The molecule has 1 aliphatic carbocycles. The number of hydrogen-bond donors (Lipinski definition) is 2. The molecule has 0 radical (unpaired) electrons. The van der Waals surface area contributed by atoms with E-state index in [0.29, 0.717) is 44.5 Å². The van der Waals surface area contributed by atoms with E-state index in [1.54, 1.807) is 6.20 Å². The Morgan fingerprint density at radius 2 is 2.31 bits per heavy atom. The minimum absolute atomic E-state index is 0.119. The highest BCUT2D eigenvalue weighted by atomic mass is 16.5. The number of anilines is 1. The fourth-order valence-corrected chi connectivity index (χ4v) is 3.40. The van der Waals surface area contributed by atoms with Gasteiger partial charge in [0.15, 0.2) is 5.82 Å². The van der Waals surface area contributed by atoms with Gasteiger partial charge in [0, 0.05) is 37.1 Å². The van der Waals surface area contributed by atoms with Crippen LogP contribution in [0.1, 0.15) is 43.2 Å². The Balaban J connectivity index is 1.44. The first-order valence-electron chi connectivity index (χ1n) is 9.38. The number of nitrogens with zero attached hydrogens (tertiary/aromatic N) is 3. The molecule has 2 aliphatic rings. The summed E-state index contributed by atoms with van der Waals surface area (Å²) in [5, 5.41) is 3.45. The van der Waals surface area contributed by atoms with Crippen molar-refractivity contribution in [2.24, 2.45) is 0 Å². The van der Waals surface area contributed by atoms with Gasteiger partial charge in [-0.1, -0.05) is 0 Å². The van der Waals surface area contributed by atoms with E-state index >= 15 is 0 Å². The monoisotopic (exact) mass is 355 g/mol. The van der Waals surface area contributed by atoms with E-state index in [-0.39, 0.29) is 11.9 Å². The van der Waals surface area contributed by atoms with E-state index < -0.39 is 0 Å². The van der Waals surface area contributed by atoms with Crippen LogP contribution in [0.3, 0.4) is 0 Å². The average molecular weight is 355 g/mol. The van der Waals surface area contributed by atoms with Crippen molar-refractivity contribution >= 4 is 11.7 Å². The van der Waals surface area contributed by atoms with E-state index in [0.717, 1.165) is 11.5 Å². The third kappa shape index (κ3) is 3.88. The molecular weight excluding hydrogens is 330 g/mol. The third-order valence-corrected chi connectivity index (χ3v) is 5.15. The number of aryl methyl sites for hydroxylation is 1. The Hall–Kier alpha value is -2.41. The zero-order chi connectivity index (χ0) is 17.8. The van der Waals surface area contributed by atoms with Crippen LogP contribution in [0.15, 0.2) is 30.6 Å². The summed E-state index contributed by atoms with van der Waals surface area (Å²) in [5.41, 5.74) is 1.08. The molecule has 2 aromatic heterocycles. The van der Waals surface area contributed by atoms with E-state index in [4.69, 9.17) is 4.74 Å². The molecule has 1 saturated heterocycles. The van der Waals surface area contributed by atoms with Gasteiger partial charge in [0.25, 0.3) is 0 Å². The number of aromatic amines is 1. The van der Waals surface area contributed by atoms with Crippen LogP contribution >= 0.6 is 0 Å². The maximum Gasteiger partial charge on any atom is 0.223 e. The standard InChI is InChI=1S/C19H25N5O2/c25-18(7-6-14-5-2-9-20-14)24-11-12-26-13-16(24)19-21-10-8-17(23-19)22-15-3-1-4-15/h2,5,8-10,15-16,20H,1,3-4,6-7,11-13H2,(H,21,22,23). The number of H-pyrrole nitrogens is 1. The molecule has 1 saturated carbocycles. The molecule has 0 aromatic carbocycles. The quantitative estimate of drug-likeness (QED) is 0.831. The summed E-state index contributed by atoms with van der Waals surface area (Å²) in [7, 11) is 0. The highest BCUT2D eigenvalue weighted by molar-refractivity contribution is 5.77. The van der Waals surface area contributed by atoms with Crippen LogP contribution in [0.5, 0.6) is 0 Å². The fraction of sp³-hybridized carbons (Fsp3) is 0.526. The zero-order valence-corrected chi connectivity index (χ0v) is 14.9. The Morgan fingerprint density at radius 1 is 1.38 bits per heavy atom. The molecule has 1 unspecified atom stereocenters. The van der Waals surface area contributed by atoms with Gasteiger partial charge in [-0.15, -0.1) is 0 Å². The number of aromatic nitrogens is 3. The lowest BCUT2D eigenvalue weighted by Crippen LogP contribution is -2.44. The lowest BCUT2D eigenvalue weighted by atomic mass is 9.93. The van der Waals surface area contributed by atoms with Crippen LogP contribution in [-0.4, -0.2) is 51.6 Å². The third-order valence-electron chi connectivity index (χ3n) is 5.15. The van der Waals surface area contributed by atoms with Gasteiger partial charge in [-0.2, -0.15) is 0 Å². The zero-order valence-electron chi connectivity index (χ0n) is 14.9. The molecule has 3 heterocycles. The van der Waals surface area contributed by atoms with Crippen molar-refractivity contribution in [3.8, 4) is 0 Å². The van der Waals surface area contributed by atoms with Crippen molar-refractivity contribution in [2.75, 3.05) is 25.1 Å².